The maximum absolute atomic E-state index is 13.0. The summed E-state index contributed by atoms with van der Waals surface area (Å²) in [7, 11) is 1.71. The Morgan fingerprint density at radius 3 is 2.53 bits per heavy atom. The van der Waals surface area contributed by atoms with Gasteiger partial charge in [-0.25, -0.2) is 9.79 Å². The largest absolute Gasteiger partial charge is 0.478 e. The number of aryl methyl sites for hydroxylation is 3. The number of likely N-dealkylation sites (N-methyl/N-ethyl adjacent to an activating group) is 1. The van der Waals surface area contributed by atoms with E-state index in [4.69, 9.17) is 0 Å². The van der Waals surface area contributed by atoms with Crippen LogP contribution in [-0.2, 0) is 11.2 Å². The third-order valence-corrected chi connectivity index (χ3v) is 7.09. The first-order chi connectivity index (χ1) is 16.2. The van der Waals surface area contributed by atoms with Crippen molar-refractivity contribution in [2.24, 2.45) is 4.99 Å². The molecule has 1 N–H and O–H groups in total. The SMILES string of the molecule is CCc1ccccc1-n1c(C)cc(/C=C2\SC(=Nc3ccc(C(=O)O)cc3C)N(C)C2=O)c1C. The van der Waals surface area contributed by atoms with Gasteiger partial charge in [0.25, 0.3) is 5.91 Å². The lowest BCUT2D eigenvalue weighted by Gasteiger charge is -2.14. The number of nitrogens with zero attached hydrogens (tertiary/aromatic N) is 3. The summed E-state index contributed by atoms with van der Waals surface area (Å²) in [4.78, 5) is 31.0. The van der Waals surface area contributed by atoms with Crippen LogP contribution in [-0.4, -0.2) is 38.7 Å². The number of carbonyl (C=O) groups is 2. The van der Waals surface area contributed by atoms with Crippen molar-refractivity contribution in [3.05, 3.63) is 87.1 Å². The minimum Gasteiger partial charge on any atom is -0.478 e. The van der Waals surface area contributed by atoms with Crippen molar-refractivity contribution in [3.63, 3.8) is 0 Å². The second-order valence-corrected chi connectivity index (χ2v) is 9.33. The third kappa shape index (κ3) is 4.31. The molecule has 7 heteroatoms. The summed E-state index contributed by atoms with van der Waals surface area (Å²) >= 11 is 1.32. The fourth-order valence-corrected chi connectivity index (χ4v) is 5.11. The lowest BCUT2D eigenvalue weighted by Crippen LogP contribution is -2.23. The summed E-state index contributed by atoms with van der Waals surface area (Å²) in [6, 6.07) is 15.3. The van der Waals surface area contributed by atoms with Crippen LogP contribution >= 0.6 is 11.8 Å². The van der Waals surface area contributed by atoms with Gasteiger partial charge in [-0.05, 0) is 92.1 Å². The zero-order valence-corrected chi connectivity index (χ0v) is 20.7. The zero-order chi connectivity index (χ0) is 24.6. The number of carbonyl (C=O) groups excluding carboxylic acids is 1. The molecule has 1 aliphatic rings. The van der Waals surface area contributed by atoms with E-state index in [1.807, 2.05) is 19.1 Å². The van der Waals surface area contributed by atoms with Crippen molar-refractivity contribution in [1.82, 2.24) is 9.47 Å². The van der Waals surface area contributed by atoms with Gasteiger partial charge in [0, 0.05) is 24.1 Å². The molecule has 0 spiro atoms. The summed E-state index contributed by atoms with van der Waals surface area (Å²) in [5, 5.41) is 9.74. The van der Waals surface area contributed by atoms with Crippen molar-refractivity contribution in [2.45, 2.75) is 34.1 Å². The van der Waals surface area contributed by atoms with Crippen molar-refractivity contribution in [3.8, 4) is 5.69 Å². The highest BCUT2D eigenvalue weighted by Gasteiger charge is 2.31. The highest BCUT2D eigenvalue weighted by Crippen LogP contribution is 2.35. The maximum Gasteiger partial charge on any atom is 0.335 e. The van der Waals surface area contributed by atoms with Crippen LogP contribution in [0.15, 0.2) is 58.4 Å². The first-order valence-corrected chi connectivity index (χ1v) is 11.9. The molecule has 0 unspecified atom stereocenters. The second-order valence-electron chi connectivity index (χ2n) is 8.32. The average molecular weight is 474 g/mol. The van der Waals surface area contributed by atoms with E-state index < -0.39 is 5.97 Å². The lowest BCUT2D eigenvalue weighted by atomic mass is 10.1. The number of aromatic nitrogens is 1. The number of hydrogen-bond acceptors (Lipinski definition) is 4. The molecule has 174 valence electrons. The predicted molar refractivity (Wildman–Crippen MR) is 138 cm³/mol. The number of amides is 1. The second kappa shape index (κ2) is 9.35. The van der Waals surface area contributed by atoms with Crippen LogP contribution in [0.4, 0.5) is 5.69 Å². The molecule has 34 heavy (non-hydrogen) atoms. The molecule has 2 heterocycles. The van der Waals surface area contributed by atoms with Crippen LogP contribution in [0.1, 0.15) is 45.4 Å². The quantitative estimate of drug-likeness (QED) is 0.469. The fourth-order valence-electron chi connectivity index (χ4n) is 4.14. The molecule has 0 radical (unpaired) electrons. The Morgan fingerprint density at radius 2 is 1.85 bits per heavy atom. The Balaban J connectivity index is 1.69. The standard InChI is InChI=1S/C27H27N3O3S/c1-6-19-9-7-8-10-23(19)30-17(3)14-21(18(30)4)15-24-25(31)29(5)27(34-24)28-22-12-11-20(26(32)33)13-16(22)2/h7-15H,6H2,1-5H3,(H,32,33)/b24-15-,28-27?. The third-order valence-electron chi connectivity index (χ3n) is 6.03. The number of aromatic carboxylic acids is 1. The van der Waals surface area contributed by atoms with Crippen LogP contribution in [0.5, 0.6) is 0 Å². The van der Waals surface area contributed by atoms with Gasteiger partial charge >= 0.3 is 5.97 Å². The highest BCUT2D eigenvalue weighted by atomic mass is 32.2. The van der Waals surface area contributed by atoms with Crippen molar-refractivity contribution < 1.29 is 14.7 Å². The molecule has 0 aliphatic carbocycles. The Bertz CT molecular complexity index is 1370. The van der Waals surface area contributed by atoms with E-state index in [9.17, 15) is 14.7 Å². The van der Waals surface area contributed by atoms with Gasteiger partial charge in [0.2, 0.25) is 0 Å². The molecule has 1 aromatic heterocycles. The van der Waals surface area contributed by atoms with Crippen molar-refractivity contribution in [1.29, 1.82) is 0 Å². The number of rotatable bonds is 5. The van der Waals surface area contributed by atoms with Crippen LogP contribution in [0.25, 0.3) is 11.8 Å². The van der Waals surface area contributed by atoms with Gasteiger partial charge in [0.05, 0.1) is 16.2 Å². The number of para-hydroxylation sites is 1. The van der Waals surface area contributed by atoms with E-state index in [0.29, 0.717) is 15.8 Å². The molecular formula is C27H27N3O3S. The van der Waals surface area contributed by atoms with Gasteiger partial charge in [-0.15, -0.1) is 0 Å². The van der Waals surface area contributed by atoms with Crippen molar-refractivity contribution in [2.75, 3.05) is 7.05 Å². The lowest BCUT2D eigenvalue weighted by molar-refractivity contribution is -0.121. The number of amidine groups is 1. The number of benzene rings is 2. The Morgan fingerprint density at radius 1 is 1.12 bits per heavy atom. The van der Waals surface area contributed by atoms with E-state index in [0.717, 1.165) is 34.6 Å². The normalized spacial score (nSPS) is 16.1. The molecule has 1 fully saturated rings. The topological polar surface area (TPSA) is 74.9 Å². The Labute approximate surface area is 203 Å². The van der Waals surface area contributed by atoms with E-state index in [2.05, 4.69) is 54.6 Å². The van der Waals surface area contributed by atoms with Crippen molar-refractivity contribution >= 4 is 40.6 Å². The van der Waals surface area contributed by atoms with Gasteiger partial charge in [0.1, 0.15) is 0 Å². The molecule has 3 aromatic rings. The summed E-state index contributed by atoms with van der Waals surface area (Å²) in [5.74, 6) is -1.09. The van der Waals surface area contributed by atoms with Crippen LogP contribution < -0.4 is 0 Å². The minimum atomic E-state index is -0.978. The molecule has 2 aromatic carbocycles. The molecule has 4 rings (SSSR count). The molecule has 0 bridgehead atoms. The Hall–Kier alpha value is -3.58. The summed E-state index contributed by atoms with van der Waals surface area (Å²) < 4.78 is 2.24. The molecule has 0 atom stereocenters. The first kappa shape index (κ1) is 23.6. The van der Waals surface area contributed by atoms with E-state index in [-0.39, 0.29) is 11.5 Å². The molecule has 1 saturated heterocycles. The van der Waals surface area contributed by atoms with Gasteiger partial charge in [-0.2, -0.15) is 0 Å². The fraction of sp³-hybridized carbons (Fsp3) is 0.222. The molecule has 1 aliphatic heterocycles. The van der Waals surface area contributed by atoms with E-state index >= 15 is 0 Å². The zero-order valence-electron chi connectivity index (χ0n) is 19.9. The number of carboxylic acid groups (broad SMARTS) is 1. The maximum atomic E-state index is 13.0. The van der Waals surface area contributed by atoms with E-state index in [1.165, 1.54) is 28.3 Å². The number of aliphatic imine (C=N–C) groups is 1. The van der Waals surface area contributed by atoms with Gasteiger partial charge < -0.3 is 9.67 Å². The molecule has 1 amide bonds. The predicted octanol–water partition coefficient (Wildman–Crippen LogP) is 5.90. The van der Waals surface area contributed by atoms with Crippen LogP contribution in [0, 0.1) is 20.8 Å². The first-order valence-electron chi connectivity index (χ1n) is 11.1. The number of thioether (sulfide) groups is 1. The van der Waals surface area contributed by atoms with Gasteiger partial charge in [-0.3, -0.25) is 9.69 Å². The molecule has 0 saturated carbocycles. The van der Waals surface area contributed by atoms with Gasteiger partial charge in [0.15, 0.2) is 5.17 Å². The summed E-state index contributed by atoms with van der Waals surface area (Å²) in [5.41, 5.74) is 7.21. The number of hydrogen-bond donors (Lipinski definition) is 1. The average Bonchev–Trinajstić information content (AvgIpc) is 3.24. The van der Waals surface area contributed by atoms with E-state index in [1.54, 1.807) is 19.2 Å². The smallest absolute Gasteiger partial charge is 0.335 e. The monoisotopic (exact) mass is 473 g/mol. The van der Waals surface area contributed by atoms with Crippen LogP contribution in [0.3, 0.4) is 0 Å². The van der Waals surface area contributed by atoms with Gasteiger partial charge in [-0.1, -0.05) is 25.1 Å². The molecular weight excluding hydrogens is 446 g/mol. The minimum absolute atomic E-state index is 0.109. The molecule has 6 nitrogen and oxygen atoms in total. The number of carboxylic acids is 1. The Kier molecular flexibility index (Phi) is 6.48. The highest BCUT2D eigenvalue weighted by molar-refractivity contribution is 8.18. The summed E-state index contributed by atoms with van der Waals surface area (Å²) in [6.07, 6.45) is 2.87. The van der Waals surface area contributed by atoms with Crippen LogP contribution in [0.2, 0.25) is 0 Å². The summed E-state index contributed by atoms with van der Waals surface area (Å²) in [6.45, 7) is 8.11.